The lowest BCUT2D eigenvalue weighted by molar-refractivity contribution is -0.0790. The molecule has 0 amide bonds. The number of benzene rings is 2. The van der Waals surface area contributed by atoms with Crippen molar-refractivity contribution in [2.75, 3.05) is 0 Å². The maximum atomic E-state index is 14.5. The summed E-state index contributed by atoms with van der Waals surface area (Å²) in [7, 11) is 0. The van der Waals surface area contributed by atoms with E-state index >= 15 is 0 Å². The molecule has 7 heteroatoms. The van der Waals surface area contributed by atoms with Crippen molar-refractivity contribution in [1.29, 1.82) is 0 Å². The van der Waals surface area contributed by atoms with Crippen molar-refractivity contribution < 1.29 is 22.0 Å². The van der Waals surface area contributed by atoms with E-state index in [-0.39, 0.29) is 22.8 Å². The van der Waals surface area contributed by atoms with E-state index in [9.17, 15) is 22.0 Å². The molecule has 0 radical (unpaired) electrons. The summed E-state index contributed by atoms with van der Waals surface area (Å²) < 4.78 is 65.2. The summed E-state index contributed by atoms with van der Waals surface area (Å²) >= 11 is 0. The van der Waals surface area contributed by atoms with Crippen molar-refractivity contribution >= 4 is 6.08 Å². The predicted molar refractivity (Wildman–Crippen MR) is 92.6 cm³/mol. The molecule has 0 bridgehead atoms. The molecule has 0 aliphatic rings. The second-order valence-electron chi connectivity index (χ2n) is 5.89. The topological polar surface area (TPSA) is 25.8 Å². The number of rotatable bonds is 3. The van der Waals surface area contributed by atoms with E-state index in [2.05, 4.69) is 9.97 Å². The van der Waals surface area contributed by atoms with Crippen LogP contribution in [0.3, 0.4) is 0 Å². The van der Waals surface area contributed by atoms with Crippen LogP contribution < -0.4 is 0 Å². The Balaban J connectivity index is 1.91. The molecule has 2 aromatic carbocycles. The highest BCUT2D eigenvalue weighted by molar-refractivity contribution is 5.70. The van der Waals surface area contributed by atoms with Crippen molar-refractivity contribution in [1.82, 2.24) is 9.97 Å². The third kappa shape index (κ3) is 4.55. The van der Waals surface area contributed by atoms with Crippen molar-refractivity contribution in [3.63, 3.8) is 0 Å². The average molecular weight is 376 g/mol. The van der Waals surface area contributed by atoms with Crippen LogP contribution in [0.2, 0.25) is 0 Å². The Morgan fingerprint density at radius 2 is 1.48 bits per heavy atom. The molecule has 2 nitrogen and oxygen atoms in total. The molecule has 3 rings (SSSR count). The molecule has 1 heterocycles. The molecule has 0 saturated heterocycles. The molecule has 0 spiro atoms. The van der Waals surface area contributed by atoms with E-state index in [0.29, 0.717) is 17.5 Å². The first-order valence-electron chi connectivity index (χ1n) is 7.87. The van der Waals surface area contributed by atoms with Gasteiger partial charge in [-0.1, -0.05) is 24.3 Å². The largest absolute Gasteiger partial charge is 0.409 e. The van der Waals surface area contributed by atoms with Gasteiger partial charge in [-0.2, -0.15) is 13.2 Å². The van der Waals surface area contributed by atoms with E-state index in [1.807, 2.05) is 6.92 Å². The van der Waals surface area contributed by atoms with Gasteiger partial charge in [0.1, 0.15) is 11.6 Å². The quantitative estimate of drug-likeness (QED) is 0.526. The number of hydrogen-bond acceptors (Lipinski definition) is 2. The average Bonchev–Trinajstić information content (AvgIpc) is 2.60. The lowest BCUT2D eigenvalue weighted by atomic mass is 10.0. The van der Waals surface area contributed by atoms with Gasteiger partial charge in [0.05, 0.1) is 0 Å². The number of halogens is 5. The summed E-state index contributed by atoms with van der Waals surface area (Å²) in [4.78, 5) is 8.24. The van der Waals surface area contributed by atoms with Crippen LogP contribution in [-0.2, 0) is 0 Å². The molecule has 0 saturated carbocycles. The molecular weight excluding hydrogens is 363 g/mol. The molecule has 0 atom stereocenters. The van der Waals surface area contributed by atoms with Crippen LogP contribution >= 0.6 is 0 Å². The minimum Gasteiger partial charge on any atom is -0.236 e. The fourth-order valence-corrected chi connectivity index (χ4v) is 2.44. The van der Waals surface area contributed by atoms with Gasteiger partial charge in [-0.25, -0.2) is 18.7 Å². The third-order valence-corrected chi connectivity index (χ3v) is 3.77. The predicted octanol–water partition coefficient (Wildman–Crippen LogP) is 5.97. The van der Waals surface area contributed by atoms with Crippen LogP contribution in [0.25, 0.3) is 28.6 Å². The van der Waals surface area contributed by atoms with Gasteiger partial charge in [-0.05, 0) is 36.3 Å². The first kappa shape index (κ1) is 18.7. The van der Waals surface area contributed by atoms with Crippen LogP contribution in [0.4, 0.5) is 22.0 Å². The van der Waals surface area contributed by atoms with Crippen LogP contribution in [0, 0.1) is 18.6 Å². The minimum atomic E-state index is -4.54. The normalized spacial score (nSPS) is 11.9. The van der Waals surface area contributed by atoms with Gasteiger partial charge >= 0.3 is 6.18 Å². The lowest BCUT2D eigenvalue weighted by Crippen LogP contribution is -2.00. The van der Waals surface area contributed by atoms with Crippen molar-refractivity contribution in [2.24, 2.45) is 0 Å². The number of hydrogen-bond donors (Lipinski definition) is 0. The van der Waals surface area contributed by atoms with Gasteiger partial charge in [-0.15, -0.1) is 0 Å². The summed E-state index contributed by atoms with van der Waals surface area (Å²) in [5.41, 5.74) is 1.43. The van der Waals surface area contributed by atoms with Crippen LogP contribution in [-0.4, -0.2) is 16.1 Å². The van der Waals surface area contributed by atoms with Gasteiger partial charge in [-0.3, -0.25) is 0 Å². The Hall–Kier alpha value is -3.09. The Morgan fingerprint density at radius 3 is 2.07 bits per heavy atom. The monoisotopic (exact) mass is 376 g/mol. The molecule has 0 fully saturated rings. The van der Waals surface area contributed by atoms with Crippen LogP contribution in [0.1, 0.15) is 11.1 Å². The Kier molecular flexibility index (Phi) is 5.03. The molecule has 0 N–H and O–H groups in total. The number of aryl methyl sites for hydroxylation is 1. The maximum absolute atomic E-state index is 14.5. The smallest absolute Gasteiger partial charge is 0.236 e. The first-order valence-corrected chi connectivity index (χ1v) is 7.87. The summed E-state index contributed by atoms with van der Waals surface area (Å²) in [6, 6.07) is 7.81. The standard InChI is InChI=1S/C20H13F5N2/c1-12-10-26-19(27-11-12)15-4-5-16(18(22)9-15)14-3-2-13(17(21)8-14)6-7-20(23,24)25/h2-11H,1H3/b7-6+. The van der Waals surface area contributed by atoms with E-state index in [0.717, 1.165) is 11.6 Å². The van der Waals surface area contributed by atoms with Gasteiger partial charge in [0.25, 0.3) is 0 Å². The molecular formula is C20H13F5N2. The second kappa shape index (κ2) is 7.26. The highest BCUT2D eigenvalue weighted by atomic mass is 19.4. The fourth-order valence-electron chi connectivity index (χ4n) is 2.44. The summed E-state index contributed by atoms with van der Waals surface area (Å²) in [5.74, 6) is -1.14. The van der Waals surface area contributed by atoms with E-state index in [4.69, 9.17) is 0 Å². The van der Waals surface area contributed by atoms with Crippen molar-refractivity contribution in [2.45, 2.75) is 13.1 Å². The number of alkyl halides is 3. The minimum absolute atomic E-state index is 0.0535. The first-order chi connectivity index (χ1) is 12.7. The highest BCUT2D eigenvalue weighted by Crippen LogP contribution is 2.28. The van der Waals surface area contributed by atoms with Crippen LogP contribution in [0.5, 0.6) is 0 Å². The second-order valence-corrected chi connectivity index (χ2v) is 5.89. The molecule has 138 valence electrons. The van der Waals surface area contributed by atoms with Crippen molar-refractivity contribution in [3.8, 4) is 22.5 Å². The van der Waals surface area contributed by atoms with Gasteiger partial charge in [0, 0.05) is 35.2 Å². The fraction of sp³-hybridized carbons (Fsp3) is 0.100. The van der Waals surface area contributed by atoms with Crippen LogP contribution in [0.15, 0.2) is 54.9 Å². The van der Waals surface area contributed by atoms with Gasteiger partial charge < -0.3 is 0 Å². The molecule has 1 aromatic heterocycles. The highest BCUT2D eigenvalue weighted by Gasteiger charge is 2.22. The zero-order chi connectivity index (χ0) is 19.6. The van der Waals surface area contributed by atoms with E-state index in [1.54, 1.807) is 18.5 Å². The number of aromatic nitrogens is 2. The summed E-state index contributed by atoms with van der Waals surface area (Å²) in [5, 5.41) is 0. The molecule has 27 heavy (non-hydrogen) atoms. The summed E-state index contributed by atoms with van der Waals surface area (Å²) in [6.45, 7) is 1.83. The van der Waals surface area contributed by atoms with E-state index < -0.39 is 17.8 Å². The Labute approximate surface area is 152 Å². The van der Waals surface area contributed by atoms with Gasteiger partial charge in [0.15, 0.2) is 5.82 Å². The molecule has 0 unspecified atom stereocenters. The number of allylic oxidation sites excluding steroid dienone is 1. The third-order valence-electron chi connectivity index (χ3n) is 3.77. The zero-order valence-corrected chi connectivity index (χ0v) is 14.1. The lowest BCUT2D eigenvalue weighted by Gasteiger charge is -2.08. The Morgan fingerprint density at radius 1 is 0.852 bits per heavy atom. The Bertz CT molecular complexity index is 992. The zero-order valence-electron chi connectivity index (χ0n) is 14.1. The maximum Gasteiger partial charge on any atom is 0.409 e. The van der Waals surface area contributed by atoms with Gasteiger partial charge in [0.2, 0.25) is 0 Å². The van der Waals surface area contributed by atoms with Crippen molar-refractivity contribution in [3.05, 3.63) is 77.6 Å². The SMILES string of the molecule is Cc1cnc(-c2ccc(-c3ccc(/C=C/C(F)(F)F)c(F)c3)c(F)c2)nc1. The molecule has 0 aliphatic heterocycles. The number of nitrogens with zero attached hydrogens (tertiary/aromatic N) is 2. The molecule has 0 aliphatic carbocycles. The van der Waals surface area contributed by atoms with E-state index in [1.165, 1.54) is 24.3 Å². The molecule has 3 aromatic rings. The summed E-state index contributed by atoms with van der Waals surface area (Å²) in [6.07, 6.45) is -0.742.